The molecule has 2 saturated carbocycles. The third-order valence-corrected chi connectivity index (χ3v) is 5.46. The summed E-state index contributed by atoms with van der Waals surface area (Å²) < 4.78 is 5.92. The van der Waals surface area contributed by atoms with E-state index in [-0.39, 0.29) is 12.0 Å². The van der Waals surface area contributed by atoms with Gasteiger partial charge in [0.2, 0.25) is 5.88 Å². The predicted molar refractivity (Wildman–Crippen MR) is 93.9 cm³/mol. The Bertz CT molecular complexity index is 777. The number of rotatable bonds is 5. The number of aromatic amines is 1. The molecule has 0 spiro atoms. The number of likely N-dealkylation sites (tertiary alicyclic amines) is 1. The van der Waals surface area contributed by atoms with E-state index in [9.17, 15) is 4.79 Å². The van der Waals surface area contributed by atoms with E-state index >= 15 is 0 Å². The van der Waals surface area contributed by atoms with Gasteiger partial charge in [-0.3, -0.25) is 4.79 Å². The van der Waals surface area contributed by atoms with Crippen molar-refractivity contribution in [1.82, 2.24) is 14.9 Å². The second-order valence-electron chi connectivity index (χ2n) is 7.55. The molecule has 2 aromatic heterocycles. The number of amides is 1. The summed E-state index contributed by atoms with van der Waals surface area (Å²) in [6.07, 6.45) is 7.54. The minimum atomic E-state index is 0.0325. The first-order valence-electron chi connectivity index (χ1n) is 9.37. The standard InChI is InChI=1S/C20H23N3O2/c24-20(16-11-17(13-4-5-13)22-19(16)14-6-7-14)23-10-8-15(12-23)25-18-3-1-2-9-21-18/h1-3,9,11,13-15,22H,4-8,10,12H2. The van der Waals surface area contributed by atoms with E-state index in [4.69, 9.17) is 4.74 Å². The van der Waals surface area contributed by atoms with Crippen molar-refractivity contribution in [3.63, 3.8) is 0 Å². The number of H-pyrrole nitrogens is 1. The summed E-state index contributed by atoms with van der Waals surface area (Å²) in [4.78, 5) is 22.8. The summed E-state index contributed by atoms with van der Waals surface area (Å²) in [7, 11) is 0. The Balaban J connectivity index is 1.30. The molecule has 1 aliphatic heterocycles. The molecule has 1 amide bonds. The Labute approximate surface area is 147 Å². The smallest absolute Gasteiger partial charge is 0.255 e. The Morgan fingerprint density at radius 3 is 2.72 bits per heavy atom. The fraction of sp³-hybridized carbons (Fsp3) is 0.500. The number of carbonyl (C=O) groups is 1. The van der Waals surface area contributed by atoms with Crippen LogP contribution in [-0.2, 0) is 0 Å². The molecule has 3 aliphatic rings. The highest BCUT2D eigenvalue weighted by Crippen LogP contribution is 2.46. The molecule has 2 aliphatic carbocycles. The number of hydrogen-bond donors (Lipinski definition) is 1. The van der Waals surface area contributed by atoms with Crippen molar-refractivity contribution in [1.29, 1.82) is 0 Å². The normalized spacial score (nSPS) is 23.0. The van der Waals surface area contributed by atoms with Gasteiger partial charge < -0.3 is 14.6 Å². The Morgan fingerprint density at radius 2 is 2.00 bits per heavy atom. The zero-order valence-corrected chi connectivity index (χ0v) is 14.3. The molecule has 5 rings (SSSR count). The lowest BCUT2D eigenvalue weighted by Crippen LogP contribution is -2.31. The number of nitrogens with one attached hydrogen (secondary N) is 1. The van der Waals surface area contributed by atoms with Gasteiger partial charge >= 0.3 is 0 Å². The molecule has 3 fully saturated rings. The molecule has 1 saturated heterocycles. The maximum atomic E-state index is 13.1. The third-order valence-electron chi connectivity index (χ3n) is 5.46. The number of pyridine rings is 1. The SMILES string of the molecule is O=C(c1cc(C2CC2)[nH]c1C1CC1)N1CCC(Oc2ccccn2)C1. The van der Waals surface area contributed by atoms with E-state index < -0.39 is 0 Å². The quantitative estimate of drug-likeness (QED) is 0.909. The summed E-state index contributed by atoms with van der Waals surface area (Å²) in [5.41, 5.74) is 3.36. The van der Waals surface area contributed by atoms with Crippen LogP contribution in [0.2, 0.25) is 0 Å². The monoisotopic (exact) mass is 337 g/mol. The number of ether oxygens (including phenoxy) is 1. The molecule has 3 heterocycles. The van der Waals surface area contributed by atoms with Crippen molar-refractivity contribution >= 4 is 5.91 Å². The van der Waals surface area contributed by atoms with Gasteiger partial charge in [-0.25, -0.2) is 4.98 Å². The van der Waals surface area contributed by atoms with Gasteiger partial charge in [-0.15, -0.1) is 0 Å². The average molecular weight is 337 g/mol. The van der Waals surface area contributed by atoms with Crippen molar-refractivity contribution in [2.45, 2.75) is 50.0 Å². The second kappa shape index (κ2) is 5.90. The van der Waals surface area contributed by atoms with Crippen LogP contribution in [0.4, 0.5) is 0 Å². The number of aromatic nitrogens is 2. The van der Waals surface area contributed by atoms with Crippen molar-refractivity contribution in [3.05, 3.63) is 47.4 Å². The Hall–Kier alpha value is -2.30. The molecule has 2 aromatic rings. The molecular formula is C20H23N3O2. The lowest BCUT2D eigenvalue weighted by atomic mass is 10.1. The van der Waals surface area contributed by atoms with Crippen LogP contribution in [0.3, 0.4) is 0 Å². The third kappa shape index (κ3) is 3.03. The Morgan fingerprint density at radius 1 is 1.16 bits per heavy atom. The fourth-order valence-electron chi connectivity index (χ4n) is 3.74. The molecule has 1 unspecified atom stereocenters. The van der Waals surface area contributed by atoms with Crippen molar-refractivity contribution in [2.24, 2.45) is 0 Å². The van der Waals surface area contributed by atoms with E-state index in [0.717, 1.165) is 18.5 Å². The van der Waals surface area contributed by atoms with E-state index in [1.54, 1.807) is 6.20 Å². The molecule has 1 N–H and O–H groups in total. The van der Waals surface area contributed by atoms with Crippen molar-refractivity contribution in [2.75, 3.05) is 13.1 Å². The summed E-state index contributed by atoms with van der Waals surface area (Å²) in [5, 5.41) is 0. The summed E-state index contributed by atoms with van der Waals surface area (Å²) in [5.74, 6) is 2.02. The molecule has 5 nitrogen and oxygen atoms in total. The zero-order chi connectivity index (χ0) is 16.8. The van der Waals surface area contributed by atoms with Gasteiger partial charge in [0, 0.05) is 36.6 Å². The van der Waals surface area contributed by atoms with Gasteiger partial charge in [-0.05, 0) is 49.7 Å². The van der Waals surface area contributed by atoms with Gasteiger partial charge in [-0.1, -0.05) is 6.07 Å². The minimum Gasteiger partial charge on any atom is -0.472 e. The zero-order valence-electron chi connectivity index (χ0n) is 14.3. The van der Waals surface area contributed by atoms with E-state index in [0.29, 0.717) is 24.3 Å². The summed E-state index contributed by atoms with van der Waals surface area (Å²) in [6, 6.07) is 7.78. The first-order chi connectivity index (χ1) is 12.3. The first kappa shape index (κ1) is 15.0. The fourth-order valence-corrected chi connectivity index (χ4v) is 3.74. The van der Waals surface area contributed by atoms with Gasteiger partial charge in [0.1, 0.15) is 6.10 Å². The molecule has 0 radical (unpaired) electrons. The van der Waals surface area contributed by atoms with Crippen LogP contribution in [0.25, 0.3) is 0 Å². The Kier molecular flexibility index (Phi) is 3.54. The topological polar surface area (TPSA) is 58.2 Å². The van der Waals surface area contributed by atoms with Gasteiger partial charge in [0.05, 0.1) is 12.1 Å². The lowest BCUT2D eigenvalue weighted by molar-refractivity contribution is 0.0770. The average Bonchev–Trinajstić information content (AvgIpc) is 3.57. The minimum absolute atomic E-state index is 0.0325. The van der Waals surface area contributed by atoms with Crippen LogP contribution in [0.1, 0.15) is 65.7 Å². The highest BCUT2D eigenvalue weighted by atomic mass is 16.5. The van der Waals surface area contributed by atoms with Gasteiger partial charge in [0.15, 0.2) is 0 Å². The van der Waals surface area contributed by atoms with Crippen LogP contribution in [-0.4, -0.2) is 40.0 Å². The van der Waals surface area contributed by atoms with Crippen LogP contribution >= 0.6 is 0 Å². The molecular weight excluding hydrogens is 314 g/mol. The number of nitrogens with zero attached hydrogens (tertiary/aromatic N) is 2. The highest BCUT2D eigenvalue weighted by Gasteiger charge is 2.36. The van der Waals surface area contributed by atoms with Crippen LogP contribution < -0.4 is 4.74 Å². The number of carbonyl (C=O) groups excluding carboxylic acids is 1. The van der Waals surface area contributed by atoms with Gasteiger partial charge in [0.25, 0.3) is 5.91 Å². The molecule has 5 heteroatoms. The van der Waals surface area contributed by atoms with Crippen LogP contribution in [0.15, 0.2) is 30.5 Å². The maximum Gasteiger partial charge on any atom is 0.255 e. The molecule has 25 heavy (non-hydrogen) atoms. The maximum absolute atomic E-state index is 13.1. The van der Waals surface area contributed by atoms with Crippen molar-refractivity contribution in [3.8, 4) is 5.88 Å². The molecule has 0 bridgehead atoms. The van der Waals surface area contributed by atoms with Crippen LogP contribution in [0.5, 0.6) is 5.88 Å². The number of hydrogen-bond acceptors (Lipinski definition) is 3. The van der Waals surface area contributed by atoms with Crippen LogP contribution in [0, 0.1) is 0 Å². The van der Waals surface area contributed by atoms with E-state index in [1.165, 1.54) is 37.1 Å². The second-order valence-corrected chi connectivity index (χ2v) is 7.55. The van der Waals surface area contributed by atoms with Gasteiger partial charge in [-0.2, -0.15) is 0 Å². The largest absolute Gasteiger partial charge is 0.472 e. The van der Waals surface area contributed by atoms with E-state index in [1.807, 2.05) is 23.1 Å². The molecule has 130 valence electrons. The summed E-state index contributed by atoms with van der Waals surface area (Å²) >= 11 is 0. The van der Waals surface area contributed by atoms with Crippen molar-refractivity contribution < 1.29 is 9.53 Å². The predicted octanol–water partition coefficient (Wildman–Crippen LogP) is 3.46. The van der Waals surface area contributed by atoms with E-state index in [2.05, 4.69) is 16.0 Å². The lowest BCUT2D eigenvalue weighted by Gasteiger charge is -2.17. The summed E-state index contributed by atoms with van der Waals surface area (Å²) in [6.45, 7) is 1.40. The molecule has 1 atom stereocenters. The first-order valence-corrected chi connectivity index (χ1v) is 9.37. The molecule has 0 aromatic carbocycles. The highest BCUT2D eigenvalue weighted by molar-refractivity contribution is 5.96.